The second-order valence-corrected chi connectivity index (χ2v) is 11.1. The highest BCUT2D eigenvalue weighted by Crippen LogP contribution is 2.36. The predicted octanol–water partition coefficient (Wildman–Crippen LogP) is 4.95. The van der Waals surface area contributed by atoms with E-state index in [2.05, 4.69) is 66.3 Å². The van der Waals surface area contributed by atoms with E-state index in [0.29, 0.717) is 23.1 Å². The summed E-state index contributed by atoms with van der Waals surface area (Å²) in [5.41, 5.74) is 7.47. The molecule has 7 heteroatoms. The number of H-pyrrole nitrogens is 1. The van der Waals surface area contributed by atoms with Crippen LogP contribution in [0.5, 0.6) is 0 Å². The van der Waals surface area contributed by atoms with Gasteiger partial charge in [-0.1, -0.05) is 6.08 Å². The van der Waals surface area contributed by atoms with E-state index in [4.69, 9.17) is 4.74 Å². The van der Waals surface area contributed by atoms with E-state index >= 15 is 0 Å². The number of aromatic nitrogens is 1. The van der Waals surface area contributed by atoms with Crippen LogP contribution in [-0.2, 0) is 11.3 Å². The van der Waals surface area contributed by atoms with Crippen LogP contribution in [0.25, 0.3) is 0 Å². The third-order valence-electron chi connectivity index (χ3n) is 8.30. The number of carbonyl (C=O) groups excluding carboxylic acids is 1. The van der Waals surface area contributed by atoms with Gasteiger partial charge in [-0.2, -0.15) is 0 Å². The van der Waals surface area contributed by atoms with Crippen molar-refractivity contribution < 1.29 is 9.53 Å². The number of pyridine rings is 1. The Morgan fingerprint density at radius 3 is 2.45 bits per heavy atom. The second-order valence-electron chi connectivity index (χ2n) is 11.1. The number of allylic oxidation sites excluding steroid dienone is 1. The predicted molar refractivity (Wildman–Crippen MR) is 154 cm³/mol. The molecular weight excluding hydrogens is 476 g/mol. The lowest BCUT2D eigenvalue weighted by atomic mass is 9.88. The number of hydrogen-bond acceptors (Lipinski definition) is 5. The van der Waals surface area contributed by atoms with Crippen molar-refractivity contribution in [1.82, 2.24) is 15.2 Å². The maximum absolute atomic E-state index is 13.6. The van der Waals surface area contributed by atoms with Crippen molar-refractivity contribution in [1.29, 1.82) is 0 Å². The second kappa shape index (κ2) is 12.3. The molecule has 0 saturated carbocycles. The van der Waals surface area contributed by atoms with Crippen molar-refractivity contribution in [3.05, 3.63) is 73.8 Å². The van der Waals surface area contributed by atoms with E-state index in [1.54, 1.807) is 0 Å². The van der Waals surface area contributed by atoms with Crippen molar-refractivity contribution in [2.24, 2.45) is 0 Å². The summed E-state index contributed by atoms with van der Waals surface area (Å²) in [6.45, 7) is 10.6. The van der Waals surface area contributed by atoms with Gasteiger partial charge in [0.05, 0.1) is 0 Å². The quantitative estimate of drug-likeness (QED) is 0.515. The molecule has 0 bridgehead atoms. The lowest BCUT2D eigenvalue weighted by Gasteiger charge is -2.35. The van der Waals surface area contributed by atoms with Gasteiger partial charge in [0, 0.05) is 60.6 Å². The van der Waals surface area contributed by atoms with Crippen LogP contribution in [0.15, 0.2) is 34.8 Å². The van der Waals surface area contributed by atoms with Crippen LogP contribution in [0.2, 0.25) is 0 Å². The zero-order valence-electron chi connectivity index (χ0n) is 23.9. The number of aromatic amines is 1. The minimum atomic E-state index is -0.145. The number of anilines is 1. The van der Waals surface area contributed by atoms with E-state index in [-0.39, 0.29) is 18.0 Å². The number of rotatable bonds is 8. The summed E-state index contributed by atoms with van der Waals surface area (Å²) in [4.78, 5) is 33.7. The molecule has 2 aromatic rings. The number of nitrogens with one attached hydrogen (secondary N) is 2. The minimum Gasteiger partial charge on any atom is -0.381 e. The smallest absolute Gasteiger partial charge is 0.253 e. The Kier molecular flexibility index (Phi) is 9.11. The van der Waals surface area contributed by atoms with E-state index in [9.17, 15) is 9.59 Å². The van der Waals surface area contributed by atoms with Crippen LogP contribution in [0.4, 0.5) is 5.69 Å². The SMILES string of the molecule is CCN(C1=CCC(N(C)C)CC1)c1cc(C2CCOCC2)cc(C(=O)NCc2c(C)cc(C)[nH]c2=O)c1C. The topological polar surface area (TPSA) is 77.7 Å². The molecule has 1 aliphatic carbocycles. The number of carbonyl (C=O) groups is 1. The fraction of sp³-hybridized carbons (Fsp3) is 0.548. The summed E-state index contributed by atoms with van der Waals surface area (Å²) >= 11 is 0. The number of nitrogens with zero attached hydrogens (tertiary/aromatic N) is 2. The highest BCUT2D eigenvalue weighted by Gasteiger charge is 2.25. The summed E-state index contributed by atoms with van der Waals surface area (Å²) in [6, 6.07) is 6.89. The Bertz CT molecular complexity index is 1240. The average Bonchev–Trinajstić information content (AvgIpc) is 2.90. The molecule has 2 N–H and O–H groups in total. The first kappa shape index (κ1) is 28.1. The van der Waals surface area contributed by atoms with Crippen LogP contribution in [-0.4, -0.2) is 55.7 Å². The zero-order valence-corrected chi connectivity index (χ0v) is 23.9. The number of amides is 1. The summed E-state index contributed by atoms with van der Waals surface area (Å²) in [7, 11) is 4.30. The van der Waals surface area contributed by atoms with E-state index in [1.165, 1.54) is 11.3 Å². The van der Waals surface area contributed by atoms with Gasteiger partial charge in [-0.25, -0.2) is 0 Å². The lowest BCUT2D eigenvalue weighted by Crippen LogP contribution is -2.33. The van der Waals surface area contributed by atoms with Crippen molar-refractivity contribution in [3.8, 4) is 0 Å². The van der Waals surface area contributed by atoms with Gasteiger partial charge in [0.25, 0.3) is 11.5 Å². The van der Waals surface area contributed by atoms with Crippen LogP contribution in [0.3, 0.4) is 0 Å². The summed E-state index contributed by atoms with van der Waals surface area (Å²) in [6.07, 6.45) is 7.49. The molecule has 1 aromatic carbocycles. The van der Waals surface area contributed by atoms with E-state index in [1.807, 2.05) is 19.9 Å². The van der Waals surface area contributed by atoms with Gasteiger partial charge in [-0.05, 0) is 115 Å². The van der Waals surface area contributed by atoms with Crippen molar-refractivity contribution in [2.75, 3.05) is 38.8 Å². The summed E-state index contributed by atoms with van der Waals surface area (Å²) in [5.74, 6) is 0.229. The molecule has 38 heavy (non-hydrogen) atoms. The highest BCUT2D eigenvalue weighted by atomic mass is 16.5. The van der Waals surface area contributed by atoms with Crippen LogP contribution in [0.1, 0.15) is 83.3 Å². The molecule has 2 aliphatic rings. The van der Waals surface area contributed by atoms with Crippen molar-refractivity contribution >= 4 is 11.6 Å². The molecule has 206 valence electrons. The van der Waals surface area contributed by atoms with E-state index in [0.717, 1.165) is 74.4 Å². The molecule has 1 amide bonds. The number of ether oxygens (including phenoxy) is 1. The molecule has 1 unspecified atom stereocenters. The van der Waals surface area contributed by atoms with Crippen LogP contribution in [0, 0.1) is 20.8 Å². The van der Waals surface area contributed by atoms with Crippen LogP contribution >= 0.6 is 0 Å². The monoisotopic (exact) mass is 520 g/mol. The Morgan fingerprint density at radius 2 is 1.84 bits per heavy atom. The Labute approximate surface area is 227 Å². The Hall–Kier alpha value is -2.90. The molecule has 1 fully saturated rings. The maximum atomic E-state index is 13.6. The minimum absolute atomic E-state index is 0.140. The molecule has 1 aromatic heterocycles. The first-order valence-corrected chi connectivity index (χ1v) is 14.0. The van der Waals surface area contributed by atoms with Gasteiger partial charge in [0.1, 0.15) is 0 Å². The standard InChI is InChI=1S/C31H44N4O3/c1-7-35(26-10-8-25(9-11-26)34(5)6)29-18-24(23-12-14-38-15-13-23)17-27(22(29)4)30(36)32-19-28-20(2)16-21(3)33-31(28)37/h10,16-18,23,25H,7-9,11-15,19H2,1-6H3,(H,32,36)(H,33,37). The normalized spacial score (nSPS) is 18.4. The molecule has 4 rings (SSSR count). The zero-order chi connectivity index (χ0) is 27.4. The molecule has 1 saturated heterocycles. The third kappa shape index (κ3) is 6.21. The average molecular weight is 521 g/mol. The fourth-order valence-electron chi connectivity index (χ4n) is 5.92. The van der Waals surface area contributed by atoms with Gasteiger partial charge in [-0.15, -0.1) is 0 Å². The number of benzene rings is 1. The first-order valence-electron chi connectivity index (χ1n) is 14.0. The molecule has 0 radical (unpaired) electrons. The maximum Gasteiger partial charge on any atom is 0.253 e. The first-order chi connectivity index (χ1) is 18.2. The molecular formula is C31H44N4O3. The van der Waals surface area contributed by atoms with Gasteiger partial charge in [-0.3, -0.25) is 9.59 Å². The summed E-state index contributed by atoms with van der Waals surface area (Å²) < 4.78 is 5.63. The highest BCUT2D eigenvalue weighted by molar-refractivity contribution is 5.97. The van der Waals surface area contributed by atoms with Gasteiger partial charge in [0.2, 0.25) is 0 Å². The Morgan fingerprint density at radius 1 is 1.11 bits per heavy atom. The van der Waals surface area contributed by atoms with Crippen molar-refractivity contribution in [2.45, 2.75) is 78.3 Å². The lowest BCUT2D eigenvalue weighted by molar-refractivity contribution is 0.0853. The molecule has 0 spiro atoms. The molecule has 1 atom stereocenters. The van der Waals surface area contributed by atoms with Gasteiger partial charge in [0.15, 0.2) is 0 Å². The Balaban J connectivity index is 1.68. The molecule has 1 aliphatic heterocycles. The van der Waals surface area contributed by atoms with Crippen molar-refractivity contribution in [3.63, 3.8) is 0 Å². The molecule has 2 heterocycles. The largest absolute Gasteiger partial charge is 0.381 e. The molecule has 7 nitrogen and oxygen atoms in total. The van der Waals surface area contributed by atoms with E-state index < -0.39 is 0 Å². The van der Waals surface area contributed by atoms with Gasteiger partial charge >= 0.3 is 0 Å². The number of hydrogen-bond donors (Lipinski definition) is 2. The van der Waals surface area contributed by atoms with Gasteiger partial charge < -0.3 is 24.8 Å². The fourth-order valence-corrected chi connectivity index (χ4v) is 5.92. The number of aryl methyl sites for hydroxylation is 2. The van der Waals surface area contributed by atoms with Crippen LogP contribution < -0.4 is 15.8 Å². The summed E-state index contributed by atoms with van der Waals surface area (Å²) in [5, 5.41) is 3.05. The third-order valence-corrected chi connectivity index (χ3v) is 8.30.